The highest BCUT2D eigenvalue weighted by atomic mass is 16.2. The molecule has 8 nitrogen and oxygen atoms in total. The minimum absolute atomic E-state index is 0.0191. The summed E-state index contributed by atoms with van der Waals surface area (Å²) in [5.74, 6) is 2.03. The van der Waals surface area contributed by atoms with Crippen LogP contribution >= 0.6 is 0 Å². The van der Waals surface area contributed by atoms with Crippen molar-refractivity contribution in [3.63, 3.8) is 0 Å². The van der Waals surface area contributed by atoms with Gasteiger partial charge in [0.05, 0.1) is 12.9 Å². The van der Waals surface area contributed by atoms with E-state index in [0.717, 1.165) is 36.6 Å². The van der Waals surface area contributed by atoms with E-state index < -0.39 is 0 Å². The lowest BCUT2D eigenvalue weighted by atomic mass is 9.97. The Balaban J connectivity index is 1.38. The van der Waals surface area contributed by atoms with E-state index in [1.54, 1.807) is 12.5 Å². The zero-order valence-electron chi connectivity index (χ0n) is 16.0. The van der Waals surface area contributed by atoms with Crippen LogP contribution in [-0.4, -0.2) is 48.3 Å². The summed E-state index contributed by atoms with van der Waals surface area (Å²) >= 11 is 0. The highest BCUT2D eigenvalue weighted by Gasteiger charge is 2.28. The molecule has 1 aliphatic rings. The number of urea groups is 1. The zero-order chi connectivity index (χ0) is 19.3. The van der Waals surface area contributed by atoms with Crippen LogP contribution in [0.25, 0.3) is 0 Å². The molecule has 0 saturated carbocycles. The van der Waals surface area contributed by atoms with Gasteiger partial charge in [0, 0.05) is 45.0 Å². The van der Waals surface area contributed by atoms with Crippen molar-refractivity contribution < 1.29 is 4.79 Å². The SMILES string of the molecule is Cn1c(Cn2ccnc2)nnc1[C@@H]1CCCN(C(=O)NCc2ccccc2)C1. The molecular weight excluding hydrogens is 354 g/mol. The van der Waals surface area contributed by atoms with Crippen molar-refractivity contribution >= 4 is 6.03 Å². The Morgan fingerprint density at radius 1 is 1.25 bits per heavy atom. The van der Waals surface area contributed by atoms with Crippen molar-refractivity contribution in [3.05, 3.63) is 66.3 Å². The Labute approximate surface area is 164 Å². The minimum atomic E-state index is -0.0191. The molecule has 2 aromatic heterocycles. The third-order valence-electron chi connectivity index (χ3n) is 5.24. The van der Waals surface area contributed by atoms with Crippen LogP contribution in [0.5, 0.6) is 0 Å². The molecule has 0 spiro atoms. The Bertz CT molecular complexity index is 904. The molecule has 0 bridgehead atoms. The molecule has 1 saturated heterocycles. The lowest BCUT2D eigenvalue weighted by molar-refractivity contribution is 0.177. The molecule has 0 unspecified atom stereocenters. The van der Waals surface area contributed by atoms with Crippen LogP contribution in [0.1, 0.15) is 36.0 Å². The fraction of sp³-hybridized carbons (Fsp3) is 0.400. The van der Waals surface area contributed by atoms with Crippen LogP contribution in [0.4, 0.5) is 4.79 Å². The summed E-state index contributed by atoms with van der Waals surface area (Å²) in [5.41, 5.74) is 1.10. The van der Waals surface area contributed by atoms with E-state index in [1.165, 1.54) is 0 Å². The average molecular weight is 379 g/mol. The van der Waals surface area contributed by atoms with Gasteiger partial charge in [-0.3, -0.25) is 0 Å². The Kier molecular flexibility index (Phi) is 5.36. The molecule has 0 aliphatic carbocycles. The van der Waals surface area contributed by atoms with E-state index in [2.05, 4.69) is 25.1 Å². The zero-order valence-corrected chi connectivity index (χ0v) is 16.0. The van der Waals surface area contributed by atoms with Gasteiger partial charge in [-0.15, -0.1) is 10.2 Å². The quantitative estimate of drug-likeness (QED) is 0.737. The highest BCUT2D eigenvalue weighted by Crippen LogP contribution is 2.26. The maximum atomic E-state index is 12.6. The molecule has 1 N–H and O–H groups in total. The number of carbonyl (C=O) groups excluding carboxylic acids is 1. The van der Waals surface area contributed by atoms with Gasteiger partial charge >= 0.3 is 6.03 Å². The van der Waals surface area contributed by atoms with Gasteiger partial charge in [-0.1, -0.05) is 30.3 Å². The summed E-state index contributed by atoms with van der Waals surface area (Å²) < 4.78 is 4.02. The summed E-state index contributed by atoms with van der Waals surface area (Å²) in [5, 5.41) is 11.8. The number of carbonyl (C=O) groups is 1. The summed E-state index contributed by atoms with van der Waals surface area (Å²) in [4.78, 5) is 18.6. The molecule has 146 valence electrons. The Morgan fingerprint density at radius 2 is 2.11 bits per heavy atom. The average Bonchev–Trinajstić information content (AvgIpc) is 3.38. The summed E-state index contributed by atoms with van der Waals surface area (Å²) in [6, 6.07) is 9.94. The minimum Gasteiger partial charge on any atom is -0.334 e. The Hall–Kier alpha value is -3.16. The van der Waals surface area contributed by atoms with Gasteiger partial charge in [0.15, 0.2) is 5.82 Å². The van der Waals surface area contributed by atoms with Crippen LogP contribution in [0, 0.1) is 0 Å². The molecule has 28 heavy (non-hydrogen) atoms. The molecule has 1 atom stereocenters. The molecule has 0 radical (unpaired) electrons. The van der Waals surface area contributed by atoms with Crippen molar-refractivity contribution in [2.24, 2.45) is 7.05 Å². The first kappa shape index (κ1) is 18.2. The molecule has 4 rings (SSSR count). The molecule has 1 aromatic carbocycles. The monoisotopic (exact) mass is 379 g/mol. The number of hydrogen-bond donors (Lipinski definition) is 1. The van der Waals surface area contributed by atoms with Crippen LogP contribution in [0.2, 0.25) is 0 Å². The van der Waals surface area contributed by atoms with Gasteiger partial charge in [0.25, 0.3) is 0 Å². The molecule has 2 amide bonds. The third kappa shape index (κ3) is 4.05. The first-order chi connectivity index (χ1) is 13.7. The van der Waals surface area contributed by atoms with Crippen molar-refractivity contribution in [2.75, 3.05) is 13.1 Å². The normalized spacial score (nSPS) is 16.9. The number of nitrogens with zero attached hydrogens (tertiary/aromatic N) is 6. The number of rotatable bonds is 5. The lowest BCUT2D eigenvalue weighted by Crippen LogP contribution is -2.45. The van der Waals surface area contributed by atoms with E-state index in [-0.39, 0.29) is 11.9 Å². The maximum absolute atomic E-state index is 12.6. The van der Waals surface area contributed by atoms with E-state index in [9.17, 15) is 4.79 Å². The van der Waals surface area contributed by atoms with Crippen molar-refractivity contribution in [3.8, 4) is 0 Å². The number of hydrogen-bond acceptors (Lipinski definition) is 4. The summed E-state index contributed by atoms with van der Waals surface area (Å²) in [7, 11) is 2.00. The number of piperidine rings is 1. The number of likely N-dealkylation sites (tertiary alicyclic amines) is 1. The van der Waals surface area contributed by atoms with Gasteiger partial charge in [-0.25, -0.2) is 9.78 Å². The van der Waals surface area contributed by atoms with Crippen molar-refractivity contribution in [1.82, 2.24) is 34.5 Å². The molecule has 3 heterocycles. The summed E-state index contributed by atoms with van der Waals surface area (Å²) in [6.45, 7) is 2.62. The maximum Gasteiger partial charge on any atom is 0.317 e. The first-order valence-electron chi connectivity index (χ1n) is 9.61. The lowest BCUT2D eigenvalue weighted by Gasteiger charge is -2.32. The number of benzene rings is 1. The van der Waals surface area contributed by atoms with Crippen LogP contribution in [0.15, 0.2) is 49.1 Å². The van der Waals surface area contributed by atoms with Crippen molar-refractivity contribution in [1.29, 1.82) is 0 Å². The molecule has 1 fully saturated rings. The number of aromatic nitrogens is 5. The fourth-order valence-electron chi connectivity index (χ4n) is 3.67. The predicted octanol–water partition coefficient (Wildman–Crippen LogP) is 2.15. The van der Waals surface area contributed by atoms with E-state index >= 15 is 0 Å². The predicted molar refractivity (Wildman–Crippen MR) is 105 cm³/mol. The van der Waals surface area contributed by atoms with Gasteiger partial charge in [-0.05, 0) is 18.4 Å². The smallest absolute Gasteiger partial charge is 0.317 e. The summed E-state index contributed by atoms with van der Waals surface area (Å²) in [6.07, 6.45) is 7.42. The first-order valence-corrected chi connectivity index (χ1v) is 9.61. The fourth-order valence-corrected chi connectivity index (χ4v) is 3.67. The number of imidazole rings is 1. The second kappa shape index (κ2) is 8.24. The number of nitrogens with one attached hydrogen (secondary N) is 1. The largest absolute Gasteiger partial charge is 0.334 e. The highest BCUT2D eigenvalue weighted by molar-refractivity contribution is 5.74. The van der Waals surface area contributed by atoms with E-state index in [1.807, 2.05) is 53.0 Å². The van der Waals surface area contributed by atoms with Gasteiger partial charge < -0.3 is 19.4 Å². The standard InChI is InChI=1S/C20H25N7O/c1-25-18(14-26-11-9-21-15-26)23-24-19(25)17-8-5-10-27(13-17)20(28)22-12-16-6-3-2-4-7-16/h2-4,6-7,9,11,15,17H,5,8,10,12-14H2,1H3,(H,22,28)/t17-/m1/s1. The van der Waals surface area contributed by atoms with Gasteiger partial charge in [-0.2, -0.15) is 0 Å². The molecule has 3 aromatic rings. The Morgan fingerprint density at radius 3 is 2.89 bits per heavy atom. The van der Waals surface area contributed by atoms with Crippen LogP contribution in [-0.2, 0) is 20.1 Å². The van der Waals surface area contributed by atoms with Crippen molar-refractivity contribution in [2.45, 2.75) is 31.8 Å². The number of amides is 2. The topological polar surface area (TPSA) is 80.9 Å². The van der Waals surface area contributed by atoms with Crippen LogP contribution in [0.3, 0.4) is 0 Å². The van der Waals surface area contributed by atoms with E-state index in [4.69, 9.17) is 0 Å². The third-order valence-corrected chi connectivity index (χ3v) is 5.24. The second-order valence-electron chi connectivity index (χ2n) is 7.20. The van der Waals surface area contributed by atoms with Gasteiger partial charge in [0.2, 0.25) is 0 Å². The molecule has 8 heteroatoms. The van der Waals surface area contributed by atoms with Crippen LogP contribution < -0.4 is 5.32 Å². The van der Waals surface area contributed by atoms with E-state index in [0.29, 0.717) is 19.6 Å². The molecular formula is C20H25N7O. The second-order valence-corrected chi connectivity index (χ2v) is 7.20. The van der Waals surface area contributed by atoms with Gasteiger partial charge in [0.1, 0.15) is 5.82 Å². The molecule has 1 aliphatic heterocycles.